The van der Waals surface area contributed by atoms with Gasteiger partial charge < -0.3 is 10.6 Å². The summed E-state index contributed by atoms with van der Waals surface area (Å²) < 4.78 is 0. The van der Waals surface area contributed by atoms with E-state index in [0.29, 0.717) is 16.9 Å². The molecule has 3 N–H and O–H groups in total. The first-order valence-electron chi connectivity index (χ1n) is 10.3. The highest BCUT2D eigenvalue weighted by molar-refractivity contribution is 7.80. The highest BCUT2D eigenvalue weighted by Gasteiger charge is 2.06. The molecular weight excluding hydrogens is 430 g/mol. The van der Waals surface area contributed by atoms with E-state index in [0.717, 1.165) is 16.3 Å². The molecule has 0 saturated heterocycles. The first-order valence-corrected chi connectivity index (χ1v) is 10.7. The number of hydrogen-bond donors (Lipinski definition) is 3. The van der Waals surface area contributed by atoms with E-state index < -0.39 is 0 Å². The number of carbonyl (C=O) groups is 2. The minimum Gasteiger partial charge on any atom is -0.332 e. The van der Waals surface area contributed by atoms with Crippen molar-refractivity contribution in [1.29, 1.82) is 0 Å². The molecule has 0 saturated carbocycles. The maximum Gasteiger partial charge on any atom is 0.255 e. The first kappa shape index (κ1) is 21.9. The fraction of sp³-hybridized carbons (Fsp3) is 0. The van der Waals surface area contributed by atoms with Crippen molar-refractivity contribution in [2.75, 3.05) is 10.6 Å². The molecule has 4 aromatic carbocycles. The van der Waals surface area contributed by atoms with E-state index in [1.165, 1.54) is 6.08 Å². The zero-order chi connectivity index (χ0) is 23.0. The molecule has 0 spiro atoms. The van der Waals surface area contributed by atoms with Crippen LogP contribution in [-0.2, 0) is 4.79 Å². The second-order valence-electron chi connectivity index (χ2n) is 7.24. The van der Waals surface area contributed by atoms with Crippen LogP contribution in [0.2, 0.25) is 0 Å². The molecule has 162 valence electrons. The summed E-state index contributed by atoms with van der Waals surface area (Å²) in [6.45, 7) is 0. The molecule has 0 heterocycles. The zero-order valence-electron chi connectivity index (χ0n) is 17.6. The number of carbonyl (C=O) groups excluding carboxylic acids is 2. The largest absolute Gasteiger partial charge is 0.332 e. The Morgan fingerprint density at radius 2 is 1.33 bits per heavy atom. The molecule has 0 atom stereocenters. The van der Waals surface area contributed by atoms with E-state index >= 15 is 0 Å². The van der Waals surface area contributed by atoms with Crippen LogP contribution >= 0.6 is 12.2 Å². The first-order chi connectivity index (χ1) is 16.1. The van der Waals surface area contributed by atoms with Crippen molar-refractivity contribution in [3.05, 3.63) is 114 Å². The summed E-state index contributed by atoms with van der Waals surface area (Å²) in [4.78, 5) is 24.5. The van der Waals surface area contributed by atoms with Crippen LogP contribution in [0, 0.1) is 0 Å². The van der Waals surface area contributed by atoms with Gasteiger partial charge in [0.25, 0.3) is 5.91 Å². The van der Waals surface area contributed by atoms with Crippen molar-refractivity contribution < 1.29 is 9.59 Å². The van der Waals surface area contributed by atoms with E-state index in [2.05, 4.69) is 16.0 Å². The van der Waals surface area contributed by atoms with Crippen molar-refractivity contribution in [2.24, 2.45) is 0 Å². The summed E-state index contributed by atoms with van der Waals surface area (Å²) in [5, 5.41) is 10.8. The van der Waals surface area contributed by atoms with Gasteiger partial charge in [-0.3, -0.25) is 14.9 Å². The smallest absolute Gasteiger partial charge is 0.255 e. The Morgan fingerprint density at radius 1 is 0.697 bits per heavy atom. The summed E-state index contributed by atoms with van der Waals surface area (Å²) in [7, 11) is 0. The molecule has 0 fully saturated rings. The molecule has 4 rings (SSSR count). The third-order valence-corrected chi connectivity index (χ3v) is 5.12. The summed E-state index contributed by atoms with van der Waals surface area (Å²) >= 11 is 5.24. The Labute approximate surface area is 197 Å². The molecule has 4 aromatic rings. The van der Waals surface area contributed by atoms with Gasteiger partial charge in [0.05, 0.1) is 0 Å². The van der Waals surface area contributed by atoms with Crippen molar-refractivity contribution in [3.63, 3.8) is 0 Å². The summed E-state index contributed by atoms with van der Waals surface area (Å²) in [5.74, 6) is -0.510. The number of hydrogen-bond acceptors (Lipinski definition) is 3. The number of anilines is 2. The molecule has 0 radical (unpaired) electrons. The molecule has 0 aliphatic rings. The third kappa shape index (κ3) is 5.90. The van der Waals surface area contributed by atoms with E-state index in [1.54, 1.807) is 42.5 Å². The number of benzene rings is 4. The van der Waals surface area contributed by atoms with Crippen LogP contribution in [0.3, 0.4) is 0 Å². The van der Waals surface area contributed by atoms with Crippen molar-refractivity contribution in [1.82, 2.24) is 5.32 Å². The minimum absolute atomic E-state index is 0.183. The molecule has 0 unspecified atom stereocenters. The number of rotatable bonds is 5. The molecule has 2 amide bonds. The van der Waals surface area contributed by atoms with Crippen molar-refractivity contribution in [3.8, 4) is 0 Å². The SMILES string of the molecule is O=C(/C=C/c1cccc2ccccc12)NC(=S)Nc1ccc(NC(=O)c2ccccc2)cc1. The van der Waals surface area contributed by atoms with E-state index in [4.69, 9.17) is 12.2 Å². The van der Waals surface area contributed by atoms with Crippen molar-refractivity contribution >= 4 is 57.4 Å². The lowest BCUT2D eigenvalue weighted by molar-refractivity contribution is -0.115. The van der Waals surface area contributed by atoms with E-state index in [9.17, 15) is 9.59 Å². The van der Waals surface area contributed by atoms with Crippen LogP contribution in [0.25, 0.3) is 16.8 Å². The van der Waals surface area contributed by atoms with Gasteiger partial charge in [0, 0.05) is 23.0 Å². The van der Waals surface area contributed by atoms with Gasteiger partial charge in [-0.1, -0.05) is 60.7 Å². The standard InChI is InChI=1S/C27H21N3O2S/c31-25(18-13-20-11-6-10-19-7-4-5-12-24(19)20)30-27(33)29-23-16-14-22(15-17-23)28-26(32)21-8-2-1-3-9-21/h1-18H,(H,28,32)(H2,29,30,31,33)/b18-13+. The lowest BCUT2D eigenvalue weighted by Gasteiger charge is -2.10. The zero-order valence-corrected chi connectivity index (χ0v) is 18.4. The normalized spacial score (nSPS) is 10.7. The van der Waals surface area contributed by atoms with Gasteiger partial charge in [-0.25, -0.2) is 0 Å². The fourth-order valence-electron chi connectivity index (χ4n) is 3.31. The Morgan fingerprint density at radius 3 is 2.09 bits per heavy atom. The molecule has 5 nitrogen and oxygen atoms in total. The fourth-order valence-corrected chi connectivity index (χ4v) is 3.53. The highest BCUT2D eigenvalue weighted by Crippen LogP contribution is 2.19. The number of nitrogens with one attached hydrogen (secondary N) is 3. The molecule has 0 bridgehead atoms. The Hall–Kier alpha value is -4.29. The summed E-state index contributed by atoms with van der Waals surface area (Å²) in [5.41, 5.74) is 2.88. The van der Waals surface area contributed by atoms with Gasteiger partial charge >= 0.3 is 0 Å². The summed E-state index contributed by atoms with van der Waals surface area (Å²) in [6.07, 6.45) is 3.22. The van der Waals surface area contributed by atoms with Gasteiger partial charge in [-0.05, 0) is 71.0 Å². The second-order valence-corrected chi connectivity index (χ2v) is 7.65. The van der Waals surface area contributed by atoms with Crippen LogP contribution in [0.1, 0.15) is 15.9 Å². The van der Waals surface area contributed by atoms with Gasteiger partial charge in [0.2, 0.25) is 5.91 Å². The van der Waals surface area contributed by atoms with Crippen LogP contribution in [-0.4, -0.2) is 16.9 Å². The molecule has 0 aliphatic heterocycles. The maximum absolute atomic E-state index is 12.3. The Kier molecular flexibility index (Phi) is 6.87. The predicted octanol–water partition coefficient (Wildman–Crippen LogP) is 5.62. The third-order valence-electron chi connectivity index (χ3n) is 4.91. The Bertz CT molecular complexity index is 1330. The minimum atomic E-state index is -0.327. The van der Waals surface area contributed by atoms with Gasteiger partial charge in [0.15, 0.2) is 5.11 Å². The molecule has 6 heteroatoms. The monoisotopic (exact) mass is 451 g/mol. The van der Waals surface area contributed by atoms with Gasteiger partial charge in [0.1, 0.15) is 0 Å². The quantitative estimate of drug-likeness (QED) is 0.272. The Balaban J connectivity index is 1.31. The topological polar surface area (TPSA) is 70.2 Å². The summed E-state index contributed by atoms with van der Waals surface area (Å²) in [6, 6.07) is 30.0. The highest BCUT2D eigenvalue weighted by atomic mass is 32.1. The van der Waals surface area contributed by atoms with Crippen molar-refractivity contribution in [2.45, 2.75) is 0 Å². The van der Waals surface area contributed by atoms with E-state index in [-0.39, 0.29) is 16.9 Å². The maximum atomic E-state index is 12.3. The lowest BCUT2D eigenvalue weighted by atomic mass is 10.0. The van der Waals surface area contributed by atoms with Crippen LogP contribution < -0.4 is 16.0 Å². The average Bonchev–Trinajstić information content (AvgIpc) is 2.84. The van der Waals surface area contributed by atoms with Gasteiger partial charge in [-0.2, -0.15) is 0 Å². The van der Waals surface area contributed by atoms with E-state index in [1.807, 2.05) is 60.7 Å². The van der Waals surface area contributed by atoms with Crippen LogP contribution in [0.4, 0.5) is 11.4 Å². The van der Waals surface area contributed by atoms with Gasteiger partial charge in [-0.15, -0.1) is 0 Å². The number of amides is 2. The second kappa shape index (κ2) is 10.3. The molecule has 33 heavy (non-hydrogen) atoms. The number of fused-ring (bicyclic) bond motifs is 1. The lowest BCUT2D eigenvalue weighted by Crippen LogP contribution is -2.32. The van der Waals surface area contributed by atoms with Crippen LogP contribution in [0.5, 0.6) is 0 Å². The molecule has 0 aliphatic carbocycles. The average molecular weight is 452 g/mol. The molecule has 0 aromatic heterocycles. The molecular formula is C27H21N3O2S. The predicted molar refractivity (Wildman–Crippen MR) is 138 cm³/mol. The van der Waals surface area contributed by atoms with Crippen LogP contribution in [0.15, 0.2) is 103 Å². The number of thiocarbonyl (C=S) groups is 1.